The van der Waals surface area contributed by atoms with Crippen LogP contribution in [0.2, 0.25) is 0 Å². The molecule has 1 saturated carbocycles. The summed E-state index contributed by atoms with van der Waals surface area (Å²) in [6.45, 7) is 4.77. The van der Waals surface area contributed by atoms with Crippen molar-refractivity contribution in [3.05, 3.63) is 41.5 Å². The van der Waals surface area contributed by atoms with Crippen molar-refractivity contribution in [1.82, 2.24) is 19.9 Å². The van der Waals surface area contributed by atoms with Crippen LogP contribution in [0.5, 0.6) is 0 Å². The predicted octanol–water partition coefficient (Wildman–Crippen LogP) is 2.98. The highest BCUT2D eigenvalue weighted by Crippen LogP contribution is 2.38. The first-order valence-electron chi connectivity index (χ1n) is 11.3. The average molecular weight is 424 g/mol. The summed E-state index contributed by atoms with van der Waals surface area (Å²) >= 11 is 0. The molecule has 1 aromatic carbocycles. The molecule has 8 heteroatoms. The zero-order chi connectivity index (χ0) is 21.4. The number of urea groups is 1. The van der Waals surface area contributed by atoms with E-state index in [9.17, 15) is 9.59 Å². The fourth-order valence-corrected chi connectivity index (χ4v) is 4.52. The molecule has 8 nitrogen and oxygen atoms in total. The van der Waals surface area contributed by atoms with E-state index in [0.717, 1.165) is 49.3 Å². The van der Waals surface area contributed by atoms with Gasteiger partial charge in [-0.3, -0.25) is 9.69 Å². The van der Waals surface area contributed by atoms with E-state index in [2.05, 4.69) is 10.1 Å². The van der Waals surface area contributed by atoms with Gasteiger partial charge in [0.25, 0.3) is 0 Å². The molecule has 0 radical (unpaired) electrons. The lowest BCUT2D eigenvalue weighted by Crippen LogP contribution is -2.46. The summed E-state index contributed by atoms with van der Waals surface area (Å²) in [7, 11) is 0. The molecule has 3 amide bonds. The maximum absolute atomic E-state index is 12.9. The summed E-state index contributed by atoms with van der Waals surface area (Å²) in [4.78, 5) is 35.6. The van der Waals surface area contributed by atoms with Crippen molar-refractivity contribution in [2.45, 2.75) is 44.9 Å². The van der Waals surface area contributed by atoms with E-state index in [4.69, 9.17) is 4.52 Å². The highest BCUT2D eigenvalue weighted by atomic mass is 16.5. The number of nitrogens with zero attached hydrogens (tertiary/aromatic N) is 5. The largest absolute Gasteiger partial charge is 0.341 e. The summed E-state index contributed by atoms with van der Waals surface area (Å²) < 4.78 is 5.42. The predicted molar refractivity (Wildman–Crippen MR) is 115 cm³/mol. The first-order chi connectivity index (χ1) is 15.1. The van der Waals surface area contributed by atoms with Gasteiger partial charge in [0.1, 0.15) is 6.54 Å². The smallest absolute Gasteiger partial charge is 0.325 e. The van der Waals surface area contributed by atoms with Crippen molar-refractivity contribution >= 4 is 17.6 Å². The maximum Gasteiger partial charge on any atom is 0.325 e. The molecule has 0 N–H and O–H groups in total. The van der Waals surface area contributed by atoms with E-state index in [1.165, 1.54) is 0 Å². The zero-order valence-corrected chi connectivity index (χ0v) is 18.0. The molecule has 3 heterocycles. The Morgan fingerprint density at radius 1 is 1.13 bits per heavy atom. The number of benzene rings is 1. The van der Waals surface area contributed by atoms with Crippen LogP contribution in [0.4, 0.5) is 10.5 Å². The van der Waals surface area contributed by atoms with Gasteiger partial charge < -0.3 is 14.3 Å². The zero-order valence-electron chi connectivity index (χ0n) is 18.0. The number of hydrogen-bond donors (Lipinski definition) is 0. The van der Waals surface area contributed by atoms with Gasteiger partial charge in [0.2, 0.25) is 11.8 Å². The van der Waals surface area contributed by atoms with Gasteiger partial charge in [-0.05, 0) is 50.7 Å². The van der Waals surface area contributed by atoms with Crippen LogP contribution in [0.1, 0.15) is 48.9 Å². The van der Waals surface area contributed by atoms with Gasteiger partial charge in [0, 0.05) is 44.2 Å². The van der Waals surface area contributed by atoms with E-state index >= 15 is 0 Å². The molecule has 2 aromatic rings. The summed E-state index contributed by atoms with van der Waals surface area (Å²) in [6.07, 6.45) is 5.04. The van der Waals surface area contributed by atoms with Crippen molar-refractivity contribution in [2.24, 2.45) is 5.92 Å². The number of anilines is 1. The Balaban J connectivity index is 1.15. The molecule has 5 rings (SSSR count). The maximum atomic E-state index is 12.9. The van der Waals surface area contributed by atoms with Crippen molar-refractivity contribution in [2.75, 3.05) is 37.6 Å². The summed E-state index contributed by atoms with van der Waals surface area (Å²) in [6, 6.07) is 7.83. The lowest BCUT2D eigenvalue weighted by atomic mass is 9.94. The second-order valence-corrected chi connectivity index (χ2v) is 9.06. The lowest BCUT2D eigenvalue weighted by Gasteiger charge is -2.33. The third-order valence-electron chi connectivity index (χ3n) is 6.53. The summed E-state index contributed by atoms with van der Waals surface area (Å²) in [5.74, 6) is 2.35. The second kappa shape index (κ2) is 8.32. The number of aryl methyl sites for hydroxylation is 1. The molecule has 0 bridgehead atoms. The number of hydrogen-bond acceptors (Lipinski definition) is 5. The summed E-state index contributed by atoms with van der Waals surface area (Å²) in [5.41, 5.74) is 2.04. The highest BCUT2D eigenvalue weighted by Gasteiger charge is 2.34. The minimum Gasteiger partial charge on any atom is -0.341 e. The van der Waals surface area contributed by atoms with Crippen LogP contribution in [0, 0.1) is 12.8 Å². The SMILES string of the molecule is Cc1ccc(N2CCN(CC(=O)N3CCCC(Cc4nc(C5CC5)no4)C3)C2=O)cc1. The van der Waals surface area contributed by atoms with Crippen molar-refractivity contribution < 1.29 is 14.1 Å². The third-order valence-corrected chi connectivity index (χ3v) is 6.53. The number of likely N-dealkylation sites (tertiary alicyclic amines) is 1. The minimum absolute atomic E-state index is 0.0213. The molecule has 3 aliphatic rings. The van der Waals surface area contributed by atoms with Gasteiger partial charge in [-0.15, -0.1) is 0 Å². The second-order valence-electron chi connectivity index (χ2n) is 9.06. The Morgan fingerprint density at radius 3 is 2.71 bits per heavy atom. The van der Waals surface area contributed by atoms with E-state index < -0.39 is 0 Å². The van der Waals surface area contributed by atoms with Crippen LogP contribution < -0.4 is 4.90 Å². The van der Waals surface area contributed by atoms with Crippen molar-refractivity contribution in [3.63, 3.8) is 0 Å². The van der Waals surface area contributed by atoms with Crippen LogP contribution >= 0.6 is 0 Å². The number of aromatic nitrogens is 2. The van der Waals surface area contributed by atoms with Gasteiger partial charge in [0.05, 0.1) is 0 Å². The van der Waals surface area contributed by atoms with Crippen molar-refractivity contribution in [1.29, 1.82) is 0 Å². The topological polar surface area (TPSA) is 82.8 Å². The normalized spacial score (nSPS) is 21.8. The fraction of sp³-hybridized carbons (Fsp3) is 0.565. The Hall–Kier alpha value is -2.90. The summed E-state index contributed by atoms with van der Waals surface area (Å²) in [5, 5.41) is 4.10. The molecular weight excluding hydrogens is 394 g/mol. The van der Waals surface area contributed by atoms with Crippen LogP contribution in [-0.2, 0) is 11.2 Å². The van der Waals surface area contributed by atoms with E-state index in [-0.39, 0.29) is 18.5 Å². The molecule has 31 heavy (non-hydrogen) atoms. The lowest BCUT2D eigenvalue weighted by molar-refractivity contribution is -0.133. The molecule has 1 unspecified atom stereocenters. The van der Waals surface area contributed by atoms with Gasteiger partial charge in [-0.25, -0.2) is 4.79 Å². The first kappa shape index (κ1) is 20.0. The Labute approximate surface area is 182 Å². The molecule has 1 aliphatic carbocycles. The molecule has 3 fully saturated rings. The molecule has 2 saturated heterocycles. The first-order valence-corrected chi connectivity index (χ1v) is 11.3. The average Bonchev–Trinajstić information content (AvgIpc) is 3.43. The standard InChI is InChI=1S/C23H29N5O3/c1-16-4-8-19(9-5-16)28-12-11-27(23(28)30)15-21(29)26-10-2-3-17(14-26)13-20-24-22(25-31-20)18-6-7-18/h4-5,8-9,17-18H,2-3,6-7,10-15H2,1H3. The molecular formula is C23H29N5O3. The molecule has 1 atom stereocenters. The number of carbonyl (C=O) groups excluding carboxylic acids is 2. The number of rotatable bonds is 6. The molecule has 164 valence electrons. The highest BCUT2D eigenvalue weighted by molar-refractivity contribution is 5.96. The molecule has 0 spiro atoms. The minimum atomic E-state index is -0.0933. The Bertz CT molecular complexity index is 952. The molecule has 1 aromatic heterocycles. The molecule has 2 aliphatic heterocycles. The van der Waals surface area contributed by atoms with Gasteiger partial charge in [-0.2, -0.15) is 4.98 Å². The number of piperidine rings is 1. The van der Waals surface area contributed by atoms with Crippen LogP contribution in [0.25, 0.3) is 0 Å². The van der Waals surface area contributed by atoms with E-state index in [0.29, 0.717) is 43.8 Å². The van der Waals surface area contributed by atoms with Gasteiger partial charge >= 0.3 is 6.03 Å². The van der Waals surface area contributed by atoms with Gasteiger partial charge in [-0.1, -0.05) is 22.9 Å². The third kappa shape index (κ3) is 4.43. The Kier molecular flexibility index (Phi) is 5.38. The van der Waals surface area contributed by atoms with E-state index in [1.54, 1.807) is 9.80 Å². The van der Waals surface area contributed by atoms with Gasteiger partial charge in [0.15, 0.2) is 5.82 Å². The van der Waals surface area contributed by atoms with Crippen LogP contribution in [0.15, 0.2) is 28.8 Å². The fourth-order valence-electron chi connectivity index (χ4n) is 4.52. The Morgan fingerprint density at radius 2 is 1.94 bits per heavy atom. The van der Waals surface area contributed by atoms with E-state index in [1.807, 2.05) is 36.1 Å². The van der Waals surface area contributed by atoms with Crippen LogP contribution in [0.3, 0.4) is 0 Å². The van der Waals surface area contributed by atoms with Crippen molar-refractivity contribution in [3.8, 4) is 0 Å². The number of amides is 3. The van der Waals surface area contributed by atoms with Crippen LogP contribution in [-0.4, -0.2) is 64.6 Å². The quantitative estimate of drug-likeness (QED) is 0.713. The number of carbonyl (C=O) groups is 2. The monoisotopic (exact) mass is 423 g/mol.